The second-order valence-corrected chi connectivity index (χ2v) is 4.23. The Kier molecular flexibility index (Phi) is 2.77. The van der Waals surface area contributed by atoms with E-state index in [1.807, 2.05) is 0 Å². The summed E-state index contributed by atoms with van der Waals surface area (Å²) < 4.78 is 5.27. The molecule has 0 aromatic carbocycles. The molecule has 0 bridgehead atoms. The van der Waals surface area contributed by atoms with Crippen LogP contribution in [0.2, 0.25) is 0 Å². The van der Waals surface area contributed by atoms with E-state index in [0.717, 1.165) is 13.0 Å². The van der Waals surface area contributed by atoms with Crippen LogP contribution >= 0.6 is 0 Å². The Balaban J connectivity index is 2.01. The maximum atomic E-state index is 11.9. The van der Waals surface area contributed by atoms with Gasteiger partial charge < -0.3 is 15.0 Å². The Morgan fingerprint density at radius 3 is 3.00 bits per heavy atom. The van der Waals surface area contributed by atoms with Crippen molar-refractivity contribution in [3.63, 3.8) is 0 Å². The lowest BCUT2D eigenvalue weighted by Gasteiger charge is -2.09. The SMILES string of the molecule is CO[C@H]1CN[C@@H](c2nc3nccnc3c(=O)[nH]2)C1. The van der Waals surface area contributed by atoms with Crippen molar-refractivity contribution in [1.29, 1.82) is 0 Å². The number of aromatic amines is 1. The van der Waals surface area contributed by atoms with Gasteiger partial charge in [-0.2, -0.15) is 0 Å². The van der Waals surface area contributed by atoms with Crippen molar-refractivity contribution in [3.8, 4) is 0 Å². The summed E-state index contributed by atoms with van der Waals surface area (Å²) in [4.78, 5) is 27.0. The zero-order valence-corrected chi connectivity index (χ0v) is 9.88. The monoisotopic (exact) mass is 247 g/mol. The van der Waals surface area contributed by atoms with Crippen molar-refractivity contribution < 1.29 is 4.74 Å². The summed E-state index contributed by atoms with van der Waals surface area (Å²) in [5.74, 6) is 0.590. The minimum atomic E-state index is -0.259. The molecule has 2 N–H and O–H groups in total. The van der Waals surface area contributed by atoms with Crippen molar-refractivity contribution in [3.05, 3.63) is 28.6 Å². The molecule has 94 valence electrons. The molecule has 2 aromatic rings. The van der Waals surface area contributed by atoms with Gasteiger partial charge in [0.1, 0.15) is 5.82 Å². The van der Waals surface area contributed by atoms with Crippen LogP contribution in [0, 0.1) is 0 Å². The molecule has 1 aliphatic heterocycles. The van der Waals surface area contributed by atoms with E-state index in [-0.39, 0.29) is 23.2 Å². The molecule has 0 spiro atoms. The molecular formula is C11H13N5O2. The van der Waals surface area contributed by atoms with E-state index in [1.165, 1.54) is 12.4 Å². The summed E-state index contributed by atoms with van der Waals surface area (Å²) in [6, 6.07) is -0.00550. The lowest BCUT2D eigenvalue weighted by Crippen LogP contribution is -2.21. The van der Waals surface area contributed by atoms with Crippen LogP contribution in [0.4, 0.5) is 0 Å². The van der Waals surface area contributed by atoms with Gasteiger partial charge in [-0.1, -0.05) is 0 Å². The highest BCUT2D eigenvalue weighted by atomic mass is 16.5. The number of fused-ring (bicyclic) bond motifs is 1. The number of methoxy groups -OCH3 is 1. The van der Waals surface area contributed by atoms with Crippen LogP contribution in [0.15, 0.2) is 17.2 Å². The number of hydrogen-bond donors (Lipinski definition) is 2. The van der Waals surface area contributed by atoms with Gasteiger partial charge in [0.15, 0.2) is 11.2 Å². The first-order chi connectivity index (χ1) is 8.78. The van der Waals surface area contributed by atoms with Crippen molar-refractivity contribution in [2.45, 2.75) is 18.6 Å². The molecule has 2 atom stereocenters. The topological polar surface area (TPSA) is 92.8 Å². The number of aromatic nitrogens is 4. The van der Waals surface area contributed by atoms with Crippen molar-refractivity contribution in [2.24, 2.45) is 0 Å². The fourth-order valence-electron chi connectivity index (χ4n) is 2.15. The number of ether oxygens (including phenoxy) is 1. The molecule has 7 nitrogen and oxygen atoms in total. The van der Waals surface area contributed by atoms with E-state index in [9.17, 15) is 4.79 Å². The molecular weight excluding hydrogens is 234 g/mol. The van der Waals surface area contributed by atoms with Crippen molar-refractivity contribution in [1.82, 2.24) is 25.3 Å². The summed E-state index contributed by atoms with van der Waals surface area (Å²) in [5.41, 5.74) is 0.382. The first-order valence-corrected chi connectivity index (χ1v) is 5.75. The first kappa shape index (κ1) is 11.2. The Morgan fingerprint density at radius 1 is 1.39 bits per heavy atom. The minimum absolute atomic E-state index is 0.00550. The van der Waals surface area contributed by atoms with Crippen molar-refractivity contribution in [2.75, 3.05) is 13.7 Å². The van der Waals surface area contributed by atoms with Gasteiger partial charge in [0.25, 0.3) is 5.56 Å². The van der Waals surface area contributed by atoms with E-state index >= 15 is 0 Å². The van der Waals surface area contributed by atoms with Gasteiger partial charge >= 0.3 is 0 Å². The lowest BCUT2D eigenvalue weighted by atomic mass is 10.2. The second-order valence-electron chi connectivity index (χ2n) is 4.23. The van der Waals surface area contributed by atoms with Gasteiger partial charge in [-0.3, -0.25) is 4.79 Å². The maximum absolute atomic E-state index is 11.9. The normalized spacial score (nSPS) is 23.6. The minimum Gasteiger partial charge on any atom is -0.380 e. The van der Waals surface area contributed by atoms with Crippen LogP contribution in [0.1, 0.15) is 18.3 Å². The largest absolute Gasteiger partial charge is 0.380 e. The van der Waals surface area contributed by atoms with E-state index in [2.05, 4.69) is 25.3 Å². The average Bonchev–Trinajstić information content (AvgIpc) is 2.87. The molecule has 1 fully saturated rings. The summed E-state index contributed by atoms with van der Waals surface area (Å²) >= 11 is 0. The highest BCUT2D eigenvalue weighted by Gasteiger charge is 2.27. The molecule has 1 aliphatic rings. The predicted molar refractivity (Wildman–Crippen MR) is 64.1 cm³/mol. The van der Waals surface area contributed by atoms with Gasteiger partial charge in [0, 0.05) is 26.0 Å². The number of nitrogens with zero attached hydrogens (tertiary/aromatic N) is 3. The summed E-state index contributed by atoms with van der Waals surface area (Å²) in [7, 11) is 1.68. The number of rotatable bonds is 2. The van der Waals surface area contributed by atoms with Crippen LogP contribution in [-0.4, -0.2) is 39.7 Å². The highest BCUT2D eigenvalue weighted by Crippen LogP contribution is 2.21. The molecule has 0 amide bonds. The fourth-order valence-corrected chi connectivity index (χ4v) is 2.15. The molecule has 1 saturated heterocycles. The summed E-state index contributed by atoms with van der Waals surface area (Å²) in [5, 5.41) is 3.26. The zero-order chi connectivity index (χ0) is 12.5. The zero-order valence-electron chi connectivity index (χ0n) is 9.88. The third-order valence-corrected chi connectivity index (χ3v) is 3.12. The molecule has 0 saturated carbocycles. The number of hydrogen-bond acceptors (Lipinski definition) is 6. The molecule has 0 radical (unpaired) electrons. The van der Waals surface area contributed by atoms with E-state index in [1.54, 1.807) is 7.11 Å². The highest BCUT2D eigenvalue weighted by molar-refractivity contribution is 5.67. The Bertz CT molecular complexity index is 626. The van der Waals surface area contributed by atoms with Gasteiger partial charge in [0.2, 0.25) is 0 Å². The number of nitrogens with one attached hydrogen (secondary N) is 2. The van der Waals surface area contributed by atoms with Crippen LogP contribution in [-0.2, 0) is 4.74 Å². The molecule has 3 rings (SSSR count). The van der Waals surface area contributed by atoms with E-state index in [4.69, 9.17) is 4.74 Å². The van der Waals surface area contributed by atoms with Gasteiger partial charge in [-0.15, -0.1) is 0 Å². The maximum Gasteiger partial charge on any atom is 0.279 e. The molecule has 0 unspecified atom stereocenters. The Morgan fingerprint density at radius 2 is 2.22 bits per heavy atom. The van der Waals surface area contributed by atoms with Gasteiger partial charge in [-0.05, 0) is 6.42 Å². The van der Waals surface area contributed by atoms with E-state index < -0.39 is 0 Å². The standard InChI is InChI=1S/C11H13N5O2/c1-18-6-4-7(14-5-6)9-15-10-8(11(17)16-9)12-2-3-13-10/h2-3,6-7,14H,4-5H2,1H3,(H,13,15,16,17)/t6-,7-/m1/s1. The van der Waals surface area contributed by atoms with Crippen LogP contribution in [0.5, 0.6) is 0 Å². The average molecular weight is 247 g/mol. The fraction of sp³-hybridized carbons (Fsp3) is 0.455. The first-order valence-electron chi connectivity index (χ1n) is 5.75. The summed E-state index contributed by atoms with van der Waals surface area (Å²) in [6.07, 6.45) is 3.94. The van der Waals surface area contributed by atoms with Crippen LogP contribution in [0.3, 0.4) is 0 Å². The molecule has 2 aromatic heterocycles. The molecule has 0 aliphatic carbocycles. The second kappa shape index (κ2) is 4.43. The predicted octanol–water partition coefficient (Wildman–Crippen LogP) is -0.237. The molecule has 7 heteroatoms. The van der Waals surface area contributed by atoms with Crippen LogP contribution in [0.25, 0.3) is 11.2 Å². The lowest BCUT2D eigenvalue weighted by molar-refractivity contribution is 0.117. The van der Waals surface area contributed by atoms with Crippen molar-refractivity contribution >= 4 is 11.2 Å². The Labute approximate surface area is 103 Å². The Hall–Kier alpha value is -1.86. The van der Waals surface area contributed by atoms with E-state index in [0.29, 0.717) is 11.5 Å². The third kappa shape index (κ3) is 1.87. The van der Waals surface area contributed by atoms with Gasteiger partial charge in [-0.25, -0.2) is 15.0 Å². The smallest absolute Gasteiger partial charge is 0.279 e. The molecule has 18 heavy (non-hydrogen) atoms. The number of H-pyrrole nitrogens is 1. The third-order valence-electron chi connectivity index (χ3n) is 3.12. The molecule has 3 heterocycles. The quantitative estimate of drug-likeness (QED) is 0.761. The van der Waals surface area contributed by atoms with Gasteiger partial charge in [0.05, 0.1) is 12.1 Å². The van der Waals surface area contributed by atoms with Crippen LogP contribution < -0.4 is 10.9 Å². The summed E-state index contributed by atoms with van der Waals surface area (Å²) in [6.45, 7) is 0.753.